The minimum atomic E-state index is -0.476. The van der Waals surface area contributed by atoms with Crippen LogP contribution in [0, 0.1) is 17.8 Å². The molecule has 1 aliphatic heterocycles. The maximum absolute atomic E-state index is 11.2. The lowest BCUT2D eigenvalue weighted by molar-refractivity contribution is -0.236. The highest BCUT2D eigenvalue weighted by molar-refractivity contribution is 5.86. The Morgan fingerprint density at radius 1 is 0.929 bits per heavy atom. The monoisotopic (exact) mass is 378 g/mol. The molecule has 5 aliphatic rings. The molecule has 28 heavy (non-hydrogen) atoms. The molecule has 4 saturated carbocycles. The zero-order valence-electron chi connectivity index (χ0n) is 16.8. The van der Waals surface area contributed by atoms with Gasteiger partial charge in [0.2, 0.25) is 0 Å². The molecule has 1 heterocycles. The van der Waals surface area contributed by atoms with Gasteiger partial charge in [-0.3, -0.25) is 5.01 Å². The third-order valence-corrected chi connectivity index (χ3v) is 8.13. The van der Waals surface area contributed by atoms with Crippen molar-refractivity contribution in [2.45, 2.75) is 69.4 Å². The van der Waals surface area contributed by atoms with Crippen LogP contribution in [-0.4, -0.2) is 38.6 Å². The number of hydrogen-bond donors (Lipinski definition) is 2. The summed E-state index contributed by atoms with van der Waals surface area (Å²) in [5.41, 5.74) is 0.390. The van der Waals surface area contributed by atoms with Gasteiger partial charge in [0.15, 0.2) is 0 Å². The summed E-state index contributed by atoms with van der Waals surface area (Å²) in [4.78, 5) is 0. The maximum Gasteiger partial charge on any atom is 0.148 e. The lowest BCUT2D eigenvalue weighted by Crippen LogP contribution is -2.82. The summed E-state index contributed by atoms with van der Waals surface area (Å²) < 4.78 is 0. The van der Waals surface area contributed by atoms with Crippen molar-refractivity contribution >= 4 is 16.5 Å². The van der Waals surface area contributed by atoms with E-state index in [2.05, 4.69) is 66.3 Å². The van der Waals surface area contributed by atoms with Crippen LogP contribution < -0.4 is 5.01 Å². The van der Waals surface area contributed by atoms with Crippen molar-refractivity contribution in [2.24, 2.45) is 17.8 Å². The van der Waals surface area contributed by atoms with E-state index in [0.717, 1.165) is 24.9 Å². The van der Waals surface area contributed by atoms with Crippen LogP contribution in [0.4, 0.5) is 5.69 Å². The predicted octanol–water partition coefficient (Wildman–Crippen LogP) is 3.91. The molecule has 2 aromatic rings. The van der Waals surface area contributed by atoms with E-state index in [1.807, 2.05) is 0 Å². The zero-order valence-corrected chi connectivity index (χ0v) is 16.8. The Morgan fingerprint density at radius 2 is 1.61 bits per heavy atom. The first-order valence-corrected chi connectivity index (χ1v) is 10.8. The fraction of sp³-hybridized carbons (Fsp3) is 0.583. The van der Waals surface area contributed by atoms with Crippen molar-refractivity contribution in [3.8, 4) is 0 Å². The smallest absolute Gasteiger partial charge is 0.148 e. The highest BCUT2D eigenvalue weighted by atomic mass is 16.3. The average molecular weight is 379 g/mol. The molecule has 4 nitrogen and oxygen atoms in total. The molecule has 4 bridgehead atoms. The Kier molecular flexibility index (Phi) is 3.39. The molecule has 2 unspecified atom stereocenters. The van der Waals surface area contributed by atoms with Gasteiger partial charge in [-0.2, -0.15) is 5.01 Å². The van der Waals surface area contributed by atoms with Gasteiger partial charge in [-0.05, 0) is 86.6 Å². The largest absolute Gasteiger partial charge is 0.390 e. The van der Waals surface area contributed by atoms with Gasteiger partial charge >= 0.3 is 0 Å². The van der Waals surface area contributed by atoms with Gasteiger partial charge in [0.25, 0.3) is 0 Å². The quantitative estimate of drug-likeness (QED) is 0.832. The first kappa shape index (κ1) is 17.3. The Labute approximate surface area is 166 Å². The van der Waals surface area contributed by atoms with Gasteiger partial charge in [0.1, 0.15) is 6.23 Å². The molecule has 2 aromatic carbocycles. The molecule has 3 atom stereocenters. The van der Waals surface area contributed by atoms with E-state index < -0.39 is 11.8 Å². The third-order valence-electron chi connectivity index (χ3n) is 8.13. The summed E-state index contributed by atoms with van der Waals surface area (Å²) in [6.45, 7) is 4.26. The van der Waals surface area contributed by atoms with E-state index in [1.54, 1.807) is 0 Å². The van der Waals surface area contributed by atoms with Crippen molar-refractivity contribution in [2.75, 3.05) is 5.01 Å². The molecular weight excluding hydrogens is 348 g/mol. The van der Waals surface area contributed by atoms with Gasteiger partial charge in [-0.1, -0.05) is 30.3 Å². The molecule has 4 aliphatic carbocycles. The third kappa shape index (κ3) is 2.23. The second-order valence-electron chi connectivity index (χ2n) is 10.4. The van der Waals surface area contributed by atoms with Crippen molar-refractivity contribution < 1.29 is 10.2 Å². The second kappa shape index (κ2) is 5.50. The van der Waals surface area contributed by atoms with Gasteiger partial charge in [0, 0.05) is 6.04 Å². The molecule has 2 N–H and O–H groups in total. The van der Waals surface area contributed by atoms with Gasteiger partial charge in [-0.25, -0.2) is 0 Å². The summed E-state index contributed by atoms with van der Waals surface area (Å²) in [5, 5.41) is 29.2. The molecule has 0 radical (unpaired) electrons. The van der Waals surface area contributed by atoms with Gasteiger partial charge in [0.05, 0.1) is 16.8 Å². The SMILES string of the molecule is CC1(C)[C@@H](O)N(C2C3CC4CC2CC(O)(C4)C3)N1c1ccc2ccccc2c1. The summed E-state index contributed by atoms with van der Waals surface area (Å²) in [6.07, 6.45) is 4.74. The van der Waals surface area contributed by atoms with Crippen molar-refractivity contribution in [1.82, 2.24) is 5.01 Å². The molecule has 148 valence electrons. The maximum atomic E-state index is 11.2. The second-order valence-corrected chi connectivity index (χ2v) is 10.4. The van der Waals surface area contributed by atoms with E-state index in [0.29, 0.717) is 23.8 Å². The van der Waals surface area contributed by atoms with Gasteiger partial charge < -0.3 is 10.2 Å². The Hall–Kier alpha value is -1.62. The predicted molar refractivity (Wildman–Crippen MR) is 111 cm³/mol. The molecule has 0 amide bonds. The van der Waals surface area contributed by atoms with Crippen molar-refractivity contribution in [1.29, 1.82) is 0 Å². The van der Waals surface area contributed by atoms with Crippen LogP contribution in [0.3, 0.4) is 0 Å². The topological polar surface area (TPSA) is 46.9 Å². The molecule has 0 spiro atoms. The van der Waals surface area contributed by atoms with Crippen LogP contribution >= 0.6 is 0 Å². The van der Waals surface area contributed by atoms with Crippen LogP contribution in [0.1, 0.15) is 46.0 Å². The number of rotatable bonds is 2. The number of hydrogen-bond acceptors (Lipinski definition) is 4. The van der Waals surface area contributed by atoms with E-state index in [4.69, 9.17) is 0 Å². The fourth-order valence-corrected chi connectivity index (χ4v) is 7.24. The molecule has 0 aromatic heterocycles. The van der Waals surface area contributed by atoms with E-state index >= 15 is 0 Å². The number of aliphatic hydroxyl groups excluding tert-OH is 1. The molecule has 7 rings (SSSR count). The fourth-order valence-electron chi connectivity index (χ4n) is 7.24. The molecule has 1 saturated heterocycles. The lowest BCUT2D eigenvalue weighted by atomic mass is 9.52. The summed E-state index contributed by atoms with van der Waals surface area (Å²) >= 11 is 0. The molecule has 5 fully saturated rings. The van der Waals surface area contributed by atoms with Crippen LogP contribution in [0.2, 0.25) is 0 Å². The van der Waals surface area contributed by atoms with Crippen molar-refractivity contribution in [3.63, 3.8) is 0 Å². The standard InChI is InChI=1S/C24H30N2O2/c1-23(2)22(27)25(21-18-9-15-10-19(21)14-24(28,12-15)13-18)26(23)20-8-7-16-5-3-4-6-17(16)11-20/h3-8,11,15,18-19,21-22,27-28H,9-10,12-14H2,1-2H3/t15?,18?,19?,21?,22-,24?/m1/s1. The summed E-state index contributed by atoms with van der Waals surface area (Å²) in [5.74, 6) is 1.66. The highest BCUT2D eigenvalue weighted by Crippen LogP contribution is 2.59. The molecular formula is C24H30N2O2. The van der Waals surface area contributed by atoms with Gasteiger partial charge in [-0.15, -0.1) is 0 Å². The number of aliphatic hydroxyl groups is 2. The van der Waals surface area contributed by atoms with Crippen LogP contribution in [0.5, 0.6) is 0 Å². The Bertz CT molecular complexity index is 925. The zero-order chi connectivity index (χ0) is 19.3. The summed E-state index contributed by atoms with van der Waals surface area (Å²) in [6, 6.07) is 15.4. The lowest BCUT2D eigenvalue weighted by Gasteiger charge is -2.69. The number of anilines is 1. The Balaban J connectivity index is 1.39. The van der Waals surface area contributed by atoms with Crippen LogP contribution in [0.25, 0.3) is 10.8 Å². The number of benzene rings is 2. The van der Waals surface area contributed by atoms with Crippen LogP contribution in [-0.2, 0) is 0 Å². The van der Waals surface area contributed by atoms with Crippen LogP contribution in [0.15, 0.2) is 42.5 Å². The minimum absolute atomic E-state index is 0.325. The average Bonchev–Trinajstić information content (AvgIpc) is 2.64. The normalized spacial score (nSPS) is 41.4. The van der Waals surface area contributed by atoms with Crippen molar-refractivity contribution in [3.05, 3.63) is 42.5 Å². The first-order valence-electron chi connectivity index (χ1n) is 10.8. The minimum Gasteiger partial charge on any atom is -0.390 e. The molecule has 4 heteroatoms. The van der Waals surface area contributed by atoms with E-state index in [9.17, 15) is 10.2 Å². The van der Waals surface area contributed by atoms with E-state index in [-0.39, 0.29) is 5.54 Å². The Morgan fingerprint density at radius 3 is 2.29 bits per heavy atom. The summed E-state index contributed by atoms with van der Waals surface area (Å²) in [7, 11) is 0. The number of fused-ring (bicyclic) bond motifs is 1. The van der Waals surface area contributed by atoms with E-state index in [1.165, 1.54) is 23.6 Å². The first-order chi connectivity index (χ1) is 13.4. The number of hydrazine groups is 1. The number of nitrogens with zero attached hydrogens (tertiary/aromatic N) is 2. The highest BCUT2D eigenvalue weighted by Gasteiger charge is 2.63.